The first-order chi connectivity index (χ1) is 11.6. The van der Waals surface area contributed by atoms with E-state index in [0.717, 1.165) is 35.3 Å². The van der Waals surface area contributed by atoms with E-state index in [-0.39, 0.29) is 0 Å². The Bertz CT molecular complexity index is 388. The zero-order chi connectivity index (χ0) is 16.9. The summed E-state index contributed by atoms with van der Waals surface area (Å²) >= 11 is 0. The molecule has 0 atom stereocenters. The number of hydrazone groups is 1. The maximum Gasteiger partial charge on any atom is 0.0440 e. The van der Waals surface area contributed by atoms with Crippen molar-refractivity contribution in [1.29, 1.82) is 0 Å². The Kier molecular flexibility index (Phi) is 6.63. The molecule has 0 unspecified atom stereocenters. The largest absolute Gasteiger partial charge is 0.307 e. The van der Waals surface area contributed by atoms with Gasteiger partial charge in [-0.05, 0) is 108 Å². The van der Waals surface area contributed by atoms with Crippen LogP contribution in [0, 0.1) is 29.6 Å². The van der Waals surface area contributed by atoms with E-state index < -0.39 is 0 Å². The van der Waals surface area contributed by atoms with Crippen molar-refractivity contribution in [3.8, 4) is 0 Å². The molecule has 0 aromatic heterocycles. The predicted molar refractivity (Wildman–Crippen MR) is 104 cm³/mol. The summed E-state index contributed by atoms with van der Waals surface area (Å²) in [5, 5.41) is 4.42. The Balaban J connectivity index is 1.37. The zero-order valence-corrected chi connectivity index (χ0v) is 16.4. The minimum atomic E-state index is 0.636. The lowest BCUT2D eigenvalue weighted by Crippen LogP contribution is -2.34. The van der Waals surface area contributed by atoms with Crippen molar-refractivity contribution in [3.63, 3.8) is 0 Å². The van der Waals surface area contributed by atoms with Crippen LogP contribution in [0.1, 0.15) is 97.8 Å². The fourth-order valence-electron chi connectivity index (χ4n) is 5.79. The molecule has 0 saturated heterocycles. The number of nitrogens with one attached hydrogen (secondary N) is 1. The first kappa shape index (κ1) is 18.3. The summed E-state index contributed by atoms with van der Waals surface area (Å²) in [5.74, 6) is 5.22. The van der Waals surface area contributed by atoms with Gasteiger partial charge in [-0.1, -0.05) is 19.8 Å². The van der Waals surface area contributed by atoms with E-state index in [2.05, 4.69) is 31.3 Å². The van der Waals surface area contributed by atoms with Gasteiger partial charge in [0, 0.05) is 11.8 Å². The average Bonchev–Trinajstić information content (AvgIpc) is 2.61. The molecule has 0 bridgehead atoms. The van der Waals surface area contributed by atoms with Gasteiger partial charge >= 0.3 is 0 Å². The van der Waals surface area contributed by atoms with Crippen molar-refractivity contribution < 1.29 is 0 Å². The first-order valence-electron chi connectivity index (χ1n) is 10.9. The molecule has 138 valence electrons. The molecule has 1 N–H and O–H groups in total. The molecule has 2 nitrogen and oxygen atoms in total. The second-order valence-corrected chi connectivity index (χ2v) is 9.49. The molecule has 2 heteroatoms. The van der Waals surface area contributed by atoms with E-state index in [1.54, 1.807) is 12.8 Å². The maximum atomic E-state index is 4.42. The third-order valence-corrected chi connectivity index (χ3v) is 7.45. The van der Waals surface area contributed by atoms with Crippen LogP contribution in [0.3, 0.4) is 0 Å². The smallest absolute Gasteiger partial charge is 0.0440 e. The van der Waals surface area contributed by atoms with Crippen molar-refractivity contribution in [1.82, 2.24) is 5.43 Å². The van der Waals surface area contributed by atoms with E-state index in [9.17, 15) is 0 Å². The molecule has 24 heavy (non-hydrogen) atoms. The van der Waals surface area contributed by atoms with Crippen LogP contribution in [-0.4, -0.2) is 11.8 Å². The average molecular weight is 333 g/mol. The monoisotopic (exact) mass is 332 g/mol. The molecule has 0 amide bonds. The highest BCUT2D eigenvalue weighted by atomic mass is 15.3. The minimum Gasteiger partial charge on any atom is -0.307 e. The van der Waals surface area contributed by atoms with Crippen molar-refractivity contribution >= 4 is 5.71 Å². The molecule has 3 fully saturated rings. The van der Waals surface area contributed by atoms with Gasteiger partial charge in [-0.15, -0.1) is 0 Å². The molecule has 3 rings (SSSR count). The van der Waals surface area contributed by atoms with E-state index >= 15 is 0 Å². The van der Waals surface area contributed by atoms with Gasteiger partial charge in [-0.3, -0.25) is 0 Å². The summed E-state index contributed by atoms with van der Waals surface area (Å²) in [7, 11) is 0. The fraction of sp³-hybridized carbons (Fsp3) is 0.955. The summed E-state index contributed by atoms with van der Waals surface area (Å²) in [4.78, 5) is 0. The summed E-state index contributed by atoms with van der Waals surface area (Å²) in [6.07, 6.45) is 17.8. The Hall–Kier alpha value is -0.530. The third kappa shape index (κ3) is 4.99. The molecule has 3 aliphatic carbocycles. The number of nitrogens with zero attached hydrogens (tertiary/aromatic N) is 1. The van der Waals surface area contributed by atoms with Crippen molar-refractivity contribution in [2.45, 2.75) is 104 Å². The second kappa shape index (κ2) is 8.72. The summed E-state index contributed by atoms with van der Waals surface area (Å²) in [5.41, 5.74) is 4.53. The van der Waals surface area contributed by atoms with Crippen LogP contribution in [-0.2, 0) is 0 Å². The van der Waals surface area contributed by atoms with Gasteiger partial charge in [0.05, 0.1) is 0 Å². The van der Waals surface area contributed by atoms with Crippen molar-refractivity contribution in [2.75, 3.05) is 0 Å². The Morgan fingerprint density at radius 2 is 1.00 bits per heavy atom. The number of hydrogen-bond acceptors (Lipinski definition) is 2. The lowest BCUT2D eigenvalue weighted by Gasteiger charge is -2.41. The van der Waals surface area contributed by atoms with E-state index in [4.69, 9.17) is 0 Å². The summed E-state index contributed by atoms with van der Waals surface area (Å²) in [6.45, 7) is 6.60. The van der Waals surface area contributed by atoms with Gasteiger partial charge in [-0.25, -0.2) is 0 Å². The lowest BCUT2D eigenvalue weighted by molar-refractivity contribution is 0.110. The predicted octanol–water partition coefficient (Wildman–Crippen LogP) is 6.16. The molecule has 0 aromatic carbocycles. The van der Waals surface area contributed by atoms with E-state index in [1.165, 1.54) is 64.2 Å². The Morgan fingerprint density at radius 3 is 1.42 bits per heavy atom. The molecular weight excluding hydrogens is 292 g/mol. The lowest BCUT2D eigenvalue weighted by atomic mass is 9.65. The van der Waals surface area contributed by atoms with Crippen LogP contribution in [0.15, 0.2) is 5.10 Å². The normalized spacial score (nSPS) is 40.8. The van der Waals surface area contributed by atoms with Gasteiger partial charge in [-0.2, -0.15) is 5.10 Å². The highest BCUT2D eigenvalue weighted by Crippen LogP contribution is 2.45. The standard InChI is InChI=1S/C22H40N2/c1-16(2)23-24-22-14-12-21(13-15-22)20-10-8-19(9-11-20)18-6-4-17(3)5-7-18/h17-22,24H,4-15H2,1-3H3. The Labute approximate surface area is 150 Å². The number of rotatable bonds is 4. The number of hydrogen-bond donors (Lipinski definition) is 1. The van der Waals surface area contributed by atoms with Crippen LogP contribution < -0.4 is 5.43 Å². The first-order valence-corrected chi connectivity index (χ1v) is 10.9. The fourth-order valence-corrected chi connectivity index (χ4v) is 5.79. The van der Waals surface area contributed by atoms with Gasteiger partial charge < -0.3 is 5.43 Å². The van der Waals surface area contributed by atoms with Crippen LogP contribution in [0.5, 0.6) is 0 Å². The zero-order valence-electron chi connectivity index (χ0n) is 16.4. The molecular formula is C22H40N2. The molecule has 3 aliphatic rings. The molecule has 0 spiro atoms. The quantitative estimate of drug-likeness (QED) is 0.483. The van der Waals surface area contributed by atoms with Gasteiger partial charge in [0.15, 0.2) is 0 Å². The van der Waals surface area contributed by atoms with Crippen molar-refractivity contribution in [2.24, 2.45) is 34.7 Å². The van der Waals surface area contributed by atoms with Gasteiger partial charge in [0.1, 0.15) is 0 Å². The van der Waals surface area contributed by atoms with Gasteiger partial charge in [0.25, 0.3) is 0 Å². The third-order valence-electron chi connectivity index (χ3n) is 7.45. The minimum absolute atomic E-state index is 0.636. The van der Waals surface area contributed by atoms with Crippen LogP contribution in [0.2, 0.25) is 0 Å². The van der Waals surface area contributed by atoms with Crippen molar-refractivity contribution in [3.05, 3.63) is 0 Å². The molecule has 0 heterocycles. The summed E-state index contributed by atoms with van der Waals surface area (Å²) in [6, 6.07) is 0.636. The highest BCUT2D eigenvalue weighted by Gasteiger charge is 2.34. The second-order valence-electron chi connectivity index (χ2n) is 9.49. The Morgan fingerprint density at radius 1 is 0.625 bits per heavy atom. The molecule has 0 aliphatic heterocycles. The molecule has 0 aromatic rings. The molecule has 0 radical (unpaired) electrons. The maximum absolute atomic E-state index is 4.42. The van der Waals surface area contributed by atoms with E-state index in [0.29, 0.717) is 6.04 Å². The van der Waals surface area contributed by atoms with Crippen LogP contribution in [0.4, 0.5) is 0 Å². The molecule has 3 saturated carbocycles. The van der Waals surface area contributed by atoms with Crippen LogP contribution in [0.25, 0.3) is 0 Å². The highest BCUT2D eigenvalue weighted by molar-refractivity contribution is 5.78. The topological polar surface area (TPSA) is 24.4 Å². The van der Waals surface area contributed by atoms with E-state index in [1.807, 2.05) is 0 Å². The summed E-state index contributed by atoms with van der Waals surface area (Å²) < 4.78 is 0. The van der Waals surface area contributed by atoms with Crippen LogP contribution >= 0.6 is 0 Å². The SMILES string of the molecule is CC(C)=NNC1CCC(C2CCC(C3CCC(C)CC3)CC2)CC1. The van der Waals surface area contributed by atoms with Gasteiger partial charge in [0.2, 0.25) is 0 Å².